The Kier molecular flexibility index (Phi) is 3.31. The Labute approximate surface area is 129 Å². The molecule has 0 saturated carbocycles. The summed E-state index contributed by atoms with van der Waals surface area (Å²) in [6.45, 7) is 0.899. The van der Waals surface area contributed by atoms with Crippen LogP contribution in [0.2, 0.25) is 0 Å². The van der Waals surface area contributed by atoms with Gasteiger partial charge in [0.2, 0.25) is 0 Å². The number of fused-ring (bicyclic) bond motifs is 1. The van der Waals surface area contributed by atoms with Crippen molar-refractivity contribution >= 4 is 22.7 Å². The number of rotatable bonds is 2. The number of aromatic amines is 1. The second kappa shape index (κ2) is 5.60. The van der Waals surface area contributed by atoms with Crippen molar-refractivity contribution in [3.8, 4) is 0 Å². The highest BCUT2D eigenvalue weighted by Gasteiger charge is 2.14. The van der Waals surface area contributed by atoms with E-state index in [1.807, 2.05) is 18.5 Å². The van der Waals surface area contributed by atoms with Gasteiger partial charge in [-0.15, -0.1) is 0 Å². The molecule has 0 radical (unpaired) electrons. The fourth-order valence-electron chi connectivity index (χ4n) is 3.02. The molecule has 22 heavy (non-hydrogen) atoms. The standard InChI is InChI=1S/C19H17N3/c1-4-14(17-8-11-21-18(17)7-1)12-15-5-3-10-22-19(15)16-6-2-9-20-13-16/h1-2,4,6-9,11-13,21H,3,5,10H2/b15-12+. The molecule has 0 unspecified atom stereocenters. The van der Waals surface area contributed by atoms with E-state index in [4.69, 9.17) is 4.99 Å². The molecule has 3 nitrogen and oxygen atoms in total. The van der Waals surface area contributed by atoms with Crippen LogP contribution in [0, 0.1) is 0 Å². The fraction of sp³-hybridized carbons (Fsp3) is 0.158. The van der Waals surface area contributed by atoms with E-state index in [-0.39, 0.29) is 0 Å². The lowest BCUT2D eigenvalue weighted by Crippen LogP contribution is -2.11. The number of benzene rings is 1. The third kappa shape index (κ3) is 2.35. The molecule has 2 aromatic heterocycles. The van der Waals surface area contributed by atoms with Crippen LogP contribution in [0.1, 0.15) is 24.0 Å². The van der Waals surface area contributed by atoms with Crippen molar-refractivity contribution < 1.29 is 0 Å². The van der Waals surface area contributed by atoms with E-state index in [0.717, 1.165) is 30.7 Å². The number of hydrogen-bond acceptors (Lipinski definition) is 2. The van der Waals surface area contributed by atoms with Crippen LogP contribution in [0.3, 0.4) is 0 Å². The second-order valence-electron chi connectivity index (χ2n) is 5.53. The van der Waals surface area contributed by atoms with Gasteiger partial charge >= 0.3 is 0 Å². The third-order valence-electron chi connectivity index (χ3n) is 4.07. The average Bonchev–Trinajstić information content (AvgIpc) is 3.06. The van der Waals surface area contributed by atoms with Gasteiger partial charge in [0.1, 0.15) is 0 Å². The lowest BCUT2D eigenvalue weighted by Gasteiger charge is -2.16. The van der Waals surface area contributed by atoms with Gasteiger partial charge in [0.25, 0.3) is 0 Å². The quantitative estimate of drug-likeness (QED) is 0.753. The van der Waals surface area contributed by atoms with E-state index in [1.165, 1.54) is 22.0 Å². The molecule has 0 amide bonds. The smallest absolute Gasteiger partial charge is 0.0694 e. The maximum absolute atomic E-state index is 4.75. The summed E-state index contributed by atoms with van der Waals surface area (Å²) in [5.41, 5.74) is 5.91. The zero-order chi connectivity index (χ0) is 14.8. The highest BCUT2D eigenvalue weighted by Crippen LogP contribution is 2.25. The van der Waals surface area contributed by atoms with E-state index in [0.29, 0.717) is 0 Å². The SMILES string of the molecule is C(=C1/CCCN=C1c1cccnc1)/c1cccc2[nH]ccc12. The molecule has 0 fully saturated rings. The lowest BCUT2D eigenvalue weighted by atomic mass is 9.94. The molecule has 1 aliphatic rings. The number of aliphatic imine (C=N–C) groups is 1. The molecule has 1 N–H and O–H groups in total. The van der Waals surface area contributed by atoms with Crippen LogP contribution in [0.25, 0.3) is 17.0 Å². The van der Waals surface area contributed by atoms with Crippen LogP contribution in [0.5, 0.6) is 0 Å². The maximum Gasteiger partial charge on any atom is 0.0694 e. The third-order valence-corrected chi connectivity index (χ3v) is 4.07. The summed E-state index contributed by atoms with van der Waals surface area (Å²) in [4.78, 5) is 12.2. The van der Waals surface area contributed by atoms with Crippen LogP contribution < -0.4 is 0 Å². The van der Waals surface area contributed by atoms with E-state index in [9.17, 15) is 0 Å². The predicted molar refractivity (Wildman–Crippen MR) is 91.2 cm³/mol. The maximum atomic E-state index is 4.75. The largest absolute Gasteiger partial charge is 0.361 e. The Morgan fingerprint density at radius 2 is 2.09 bits per heavy atom. The van der Waals surface area contributed by atoms with Crippen LogP contribution in [0.4, 0.5) is 0 Å². The average molecular weight is 287 g/mol. The van der Waals surface area contributed by atoms with Crippen molar-refractivity contribution in [2.24, 2.45) is 4.99 Å². The molecular formula is C19H17N3. The van der Waals surface area contributed by atoms with Crippen LogP contribution in [-0.2, 0) is 0 Å². The Morgan fingerprint density at radius 3 is 3.00 bits per heavy atom. The van der Waals surface area contributed by atoms with Gasteiger partial charge in [0, 0.05) is 41.6 Å². The molecule has 108 valence electrons. The summed E-state index contributed by atoms with van der Waals surface area (Å²) in [5.74, 6) is 0. The molecule has 0 saturated heterocycles. The highest BCUT2D eigenvalue weighted by atomic mass is 14.8. The summed E-state index contributed by atoms with van der Waals surface area (Å²) in [6.07, 6.45) is 10.1. The second-order valence-corrected chi connectivity index (χ2v) is 5.53. The topological polar surface area (TPSA) is 41.0 Å². The zero-order valence-corrected chi connectivity index (χ0v) is 12.3. The van der Waals surface area contributed by atoms with E-state index < -0.39 is 0 Å². The Hall–Kier alpha value is -2.68. The van der Waals surface area contributed by atoms with Gasteiger partial charge in [-0.3, -0.25) is 9.98 Å². The lowest BCUT2D eigenvalue weighted by molar-refractivity contribution is 0.818. The number of hydrogen-bond donors (Lipinski definition) is 1. The van der Waals surface area contributed by atoms with Crippen molar-refractivity contribution in [2.45, 2.75) is 12.8 Å². The van der Waals surface area contributed by atoms with Gasteiger partial charge in [0.15, 0.2) is 0 Å². The first-order chi connectivity index (χ1) is 10.9. The molecule has 4 rings (SSSR count). The van der Waals surface area contributed by atoms with Crippen LogP contribution in [-0.4, -0.2) is 22.2 Å². The van der Waals surface area contributed by atoms with E-state index >= 15 is 0 Å². The molecule has 1 aliphatic heterocycles. The Bertz CT molecular complexity index is 857. The van der Waals surface area contributed by atoms with E-state index in [2.05, 4.69) is 46.4 Å². The number of aromatic nitrogens is 2. The fourth-order valence-corrected chi connectivity index (χ4v) is 3.02. The molecular weight excluding hydrogens is 270 g/mol. The molecule has 1 aromatic carbocycles. The van der Waals surface area contributed by atoms with Crippen LogP contribution >= 0.6 is 0 Å². The number of nitrogens with zero attached hydrogens (tertiary/aromatic N) is 2. The van der Waals surface area contributed by atoms with Gasteiger partial charge in [-0.05, 0) is 54.3 Å². The van der Waals surface area contributed by atoms with Crippen molar-refractivity contribution in [1.82, 2.24) is 9.97 Å². The number of allylic oxidation sites excluding steroid dienone is 1. The molecule has 0 atom stereocenters. The monoisotopic (exact) mass is 287 g/mol. The number of pyridine rings is 1. The molecule has 3 heterocycles. The summed E-state index contributed by atoms with van der Waals surface area (Å²) in [7, 11) is 0. The summed E-state index contributed by atoms with van der Waals surface area (Å²) >= 11 is 0. The van der Waals surface area contributed by atoms with Crippen molar-refractivity contribution in [3.63, 3.8) is 0 Å². The van der Waals surface area contributed by atoms with Gasteiger partial charge in [-0.25, -0.2) is 0 Å². The van der Waals surface area contributed by atoms with Gasteiger partial charge in [-0.1, -0.05) is 12.1 Å². The van der Waals surface area contributed by atoms with Crippen molar-refractivity contribution in [3.05, 3.63) is 71.7 Å². The minimum absolute atomic E-state index is 0.899. The van der Waals surface area contributed by atoms with Gasteiger partial charge in [-0.2, -0.15) is 0 Å². The first-order valence-electron chi connectivity index (χ1n) is 7.64. The minimum atomic E-state index is 0.899. The number of H-pyrrole nitrogens is 1. The number of nitrogens with one attached hydrogen (secondary N) is 1. The highest BCUT2D eigenvalue weighted by molar-refractivity contribution is 6.15. The molecule has 0 aliphatic carbocycles. The summed E-state index contributed by atoms with van der Waals surface area (Å²) in [6, 6.07) is 12.5. The minimum Gasteiger partial charge on any atom is -0.361 e. The van der Waals surface area contributed by atoms with Crippen molar-refractivity contribution in [1.29, 1.82) is 0 Å². The van der Waals surface area contributed by atoms with Gasteiger partial charge < -0.3 is 4.98 Å². The first kappa shape index (κ1) is 13.0. The van der Waals surface area contributed by atoms with E-state index in [1.54, 1.807) is 6.20 Å². The van der Waals surface area contributed by atoms with Gasteiger partial charge in [0.05, 0.1) is 5.71 Å². The molecule has 0 spiro atoms. The Morgan fingerprint density at radius 1 is 1.09 bits per heavy atom. The van der Waals surface area contributed by atoms with Crippen molar-refractivity contribution in [2.75, 3.05) is 6.54 Å². The Balaban J connectivity index is 1.81. The molecule has 0 bridgehead atoms. The van der Waals surface area contributed by atoms with Crippen LogP contribution in [0.15, 0.2) is 65.6 Å². The predicted octanol–water partition coefficient (Wildman–Crippen LogP) is 4.23. The normalized spacial score (nSPS) is 16.9. The zero-order valence-electron chi connectivity index (χ0n) is 12.3. The molecule has 3 heteroatoms. The summed E-state index contributed by atoms with van der Waals surface area (Å²) in [5, 5.41) is 1.26. The first-order valence-corrected chi connectivity index (χ1v) is 7.64. The summed E-state index contributed by atoms with van der Waals surface area (Å²) < 4.78 is 0. The molecule has 3 aromatic rings.